The van der Waals surface area contributed by atoms with E-state index in [9.17, 15) is 0 Å². The van der Waals surface area contributed by atoms with Gasteiger partial charge in [0.15, 0.2) is 0 Å². The molecule has 4 aromatic carbocycles. The molecule has 1 atom stereocenters. The highest BCUT2D eigenvalue weighted by Gasteiger charge is 2.32. The van der Waals surface area contributed by atoms with Gasteiger partial charge in [-0.15, -0.1) is 0 Å². The van der Waals surface area contributed by atoms with Gasteiger partial charge in [0.05, 0.1) is 37.4 Å². The van der Waals surface area contributed by atoms with Crippen molar-refractivity contribution in [2.75, 3.05) is 19.2 Å². The lowest BCUT2D eigenvalue weighted by atomic mass is 9.98. The molecule has 0 fully saturated rings. The molecule has 0 amide bonds. The van der Waals surface area contributed by atoms with Crippen LogP contribution in [0.3, 0.4) is 0 Å². The normalized spacial score (nSPS) is 14.7. The van der Waals surface area contributed by atoms with Crippen LogP contribution in [0, 0.1) is 0 Å². The summed E-state index contributed by atoms with van der Waals surface area (Å²) < 4.78 is 10.7. The second kappa shape index (κ2) is 10.8. The van der Waals surface area contributed by atoms with Gasteiger partial charge in [-0.2, -0.15) is 5.10 Å². The third-order valence-corrected chi connectivity index (χ3v) is 6.89. The van der Waals surface area contributed by atoms with Crippen LogP contribution in [0.25, 0.3) is 22.5 Å². The second-order valence-electron chi connectivity index (χ2n) is 9.28. The molecule has 1 aromatic heterocycles. The van der Waals surface area contributed by atoms with Gasteiger partial charge >= 0.3 is 0 Å². The van der Waals surface area contributed by atoms with Gasteiger partial charge in [0.25, 0.3) is 0 Å². The van der Waals surface area contributed by atoms with E-state index in [1.54, 1.807) is 14.2 Å². The lowest BCUT2D eigenvalue weighted by molar-refractivity contribution is 0.414. The van der Waals surface area contributed by atoms with Crippen LogP contribution in [0.5, 0.6) is 11.5 Å². The van der Waals surface area contributed by atoms with E-state index in [1.165, 1.54) is 0 Å². The number of ether oxygens (including phenoxy) is 2. The number of anilines is 1. The first-order valence-corrected chi connectivity index (χ1v) is 12.9. The van der Waals surface area contributed by atoms with E-state index in [1.807, 2.05) is 83.9 Å². The van der Waals surface area contributed by atoms with Gasteiger partial charge in [0.1, 0.15) is 11.5 Å². The Morgan fingerprint density at radius 3 is 1.69 bits per heavy atom. The number of hydrogen-bond acceptors (Lipinski definition) is 6. The lowest BCUT2D eigenvalue weighted by Crippen LogP contribution is -2.21. The van der Waals surface area contributed by atoms with E-state index in [4.69, 9.17) is 24.5 Å². The van der Waals surface area contributed by atoms with E-state index < -0.39 is 0 Å². The minimum atomic E-state index is -0.0435. The average Bonchev–Trinajstić information content (AvgIpc) is 3.47. The van der Waals surface area contributed by atoms with Gasteiger partial charge in [0, 0.05) is 17.5 Å². The molecule has 0 radical (unpaired) electrons. The Bertz CT molecular complexity index is 1590. The van der Waals surface area contributed by atoms with Crippen LogP contribution in [0.2, 0.25) is 0 Å². The Morgan fingerprint density at radius 1 is 0.615 bits per heavy atom. The molecular formula is C33H28N4O2. The number of methoxy groups -OCH3 is 2. The molecule has 1 unspecified atom stereocenters. The van der Waals surface area contributed by atoms with E-state index >= 15 is 0 Å². The molecule has 39 heavy (non-hydrogen) atoms. The van der Waals surface area contributed by atoms with Gasteiger partial charge in [-0.3, -0.25) is 0 Å². The maximum atomic E-state index is 5.37. The second-order valence-corrected chi connectivity index (χ2v) is 9.28. The van der Waals surface area contributed by atoms with Gasteiger partial charge in [-0.1, -0.05) is 60.7 Å². The highest BCUT2D eigenvalue weighted by molar-refractivity contribution is 6.03. The van der Waals surface area contributed by atoms with E-state index in [2.05, 4.69) is 36.4 Å². The summed E-state index contributed by atoms with van der Waals surface area (Å²) in [5.74, 6) is 2.17. The van der Waals surface area contributed by atoms with E-state index in [0.29, 0.717) is 5.95 Å². The third-order valence-electron chi connectivity index (χ3n) is 6.89. The molecule has 0 bridgehead atoms. The molecule has 0 N–H and O–H groups in total. The van der Waals surface area contributed by atoms with Crippen molar-refractivity contribution in [2.24, 2.45) is 5.10 Å². The SMILES string of the molecule is COc1ccc(C2=NN(c3nc(-c4ccccc4)cc(-c4ccc(OC)cc4)n3)C(c3ccccc3)C2)cc1. The molecule has 2 heterocycles. The summed E-state index contributed by atoms with van der Waals surface area (Å²) in [7, 11) is 3.34. The zero-order chi connectivity index (χ0) is 26.6. The van der Waals surface area contributed by atoms with Crippen molar-refractivity contribution < 1.29 is 9.47 Å². The molecule has 1 aliphatic rings. The molecule has 5 aromatic rings. The first-order chi connectivity index (χ1) is 19.2. The first kappa shape index (κ1) is 24.4. The fraction of sp³-hybridized carbons (Fsp3) is 0.121. The van der Waals surface area contributed by atoms with Crippen LogP contribution < -0.4 is 14.5 Å². The lowest BCUT2D eigenvalue weighted by Gasteiger charge is -2.23. The number of rotatable bonds is 7. The van der Waals surface area contributed by atoms with Crippen LogP contribution in [0.15, 0.2) is 120 Å². The molecular weight excluding hydrogens is 484 g/mol. The highest BCUT2D eigenvalue weighted by Crippen LogP contribution is 2.37. The number of aromatic nitrogens is 2. The van der Waals surface area contributed by atoms with Gasteiger partial charge < -0.3 is 9.47 Å². The molecule has 192 valence electrons. The van der Waals surface area contributed by atoms with Crippen LogP contribution in [-0.2, 0) is 0 Å². The quantitative estimate of drug-likeness (QED) is 0.231. The maximum Gasteiger partial charge on any atom is 0.247 e. The van der Waals surface area contributed by atoms with Crippen molar-refractivity contribution in [3.8, 4) is 34.0 Å². The zero-order valence-corrected chi connectivity index (χ0v) is 21.9. The smallest absolute Gasteiger partial charge is 0.247 e. The fourth-order valence-corrected chi connectivity index (χ4v) is 4.79. The molecule has 0 saturated heterocycles. The summed E-state index contributed by atoms with van der Waals surface area (Å²) in [5.41, 5.74) is 6.84. The third kappa shape index (κ3) is 5.09. The van der Waals surface area contributed by atoms with Crippen LogP contribution in [0.1, 0.15) is 23.6 Å². The summed E-state index contributed by atoms with van der Waals surface area (Å²) in [4.78, 5) is 10.1. The highest BCUT2D eigenvalue weighted by atomic mass is 16.5. The Balaban J connectivity index is 1.49. The van der Waals surface area contributed by atoms with Gasteiger partial charge in [0.2, 0.25) is 5.95 Å². The van der Waals surface area contributed by atoms with Gasteiger partial charge in [-0.05, 0) is 65.7 Å². The van der Waals surface area contributed by atoms with Crippen molar-refractivity contribution in [3.63, 3.8) is 0 Å². The average molecular weight is 513 g/mol. The molecule has 0 aliphatic carbocycles. The number of hydrazone groups is 1. The van der Waals surface area contributed by atoms with Crippen LogP contribution >= 0.6 is 0 Å². The summed E-state index contributed by atoms with van der Waals surface area (Å²) in [6, 6.07) is 38.5. The van der Waals surface area contributed by atoms with E-state index in [-0.39, 0.29) is 6.04 Å². The number of nitrogens with zero attached hydrogens (tertiary/aromatic N) is 4. The Hall–Kier alpha value is -4.97. The first-order valence-electron chi connectivity index (χ1n) is 12.9. The van der Waals surface area contributed by atoms with Crippen molar-refractivity contribution in [1.82, 2.24) is 9.97 Å². The van der Waals surface area contributed by atoms with Crippen molar-refractivity contribution >= 4 is 11.7 Å². The minimum absolute atomic E-state index is 0.0435. The Kier molecular flexibility index (Phi) is 6.75. The molecule has 6 nitrogen and oxygen atoms in total. The summed E-state index contributed by atoms with van der Waals surface area (Å²) in [5, 5.41) is 7.07. The topological polar surface area (TPSA) is 59.8 Å². The predicted octanol–water partition coefficient (Wildman–Crippen LogP) is 7.18. The van der Waals surface area contributed by atoms with E-state index in [0.717, 1.165) is 57.3 Å². The molecule has 1 aliphatic heterocycles. The zero-order valence-electron chi connectivity index (χ0n) is 21.9. The largest absolute Gasteiger partial charge is 0.497 e. The number of benzene rings is 4. The van der Waals surface area contributed by atoms with Gasteiger partial charge in [-0.25, -0.2) is 15.0 Å². The Morgan fingerprint density at radius 2 is 1.13 bits per heavy atom. The molecule has 0 spiro atoms. The molecule has 6 heteroatoms. The van der Waals surface area contributed by atoms with Crippen LogP contribution in [0.4, 0.5) is 5.95 Å². The Labute approximate surface area is 228 Å². The number of hydrogen-bond donors (Lipinski definition) is 0. The van der Waals surface area contributed by atoms with Crippen molar-refractivity contribution in [2.45, 2.75) is 12.5 Å². The monoisotopic (exact) mass is 512 g/mol. The molecule has 6 rings (SSSR count). The fourth-order valence-electron chi connectivity index (χ4n) is 4.79. The maximum absolute atomic E-state index is 5.37. The summed E-state index contributed by atoms with van der Waals surface area (Å²) >= 11 is 0. The molecule has 0 saturated carbocycles. The van der Waals surface area contributed by atoms with Crippen molar-refractivity contribution in [1.29, 1.82) is 0 Å². The predicted molar refractivity (Wildman–Crippen MR) is 155 cm³/mol. The standard InChI is InChI=1S/C33H28N4O2/c1-38-27-17-13-24(14-18-27)30-21-29(23-9-5-3-6-10-23)34-33(35-30)37-32(26-11-7-4-8-12-26)22-31(36-37)25-15-19-28(39-2)20-16-25/h3-21,32H,22H2,1-2H3. The summed E-state index contributed by atoms with van der Waals surface area (Å²) in [6.45, 7) is 0. The van der Waals surface area contributed by atoms with Crippen LogP contribution in [-0.4, -0.2) is 29.9 Å². The summed E-state index contributed by atoms with van der Waals surface area (Å²) in [6.07, 6.45) is 0.729. The minimum Gasteiger partial charge on any atom is -0.497 e. The van der Waals surface area contributed by atoms with Crippen molar-refractivity contribution in [3.05, 3.63) is 126 Å².